The van der Waals surface area contributed by atoms with Gasteiger partial charge in [-0.3, -0.25) is 4.79 Å². The van der Waals surface area contributed by atoms with Crippen LogP contribution in [-0.4, -0.2) is 15.9 Å². The number of nitrogen functional groups attached to an aromatic ring is 1. The number of aromatic amines is 2. The van der Waals surface area contributed by atoms with Crippen molar-refractivity contribution in [1.29, 1.82) is 0 Å². The van der Waals surface area contributed by atoms with Crippen LogP contribution in [0.15, 0.2) is 47.3 Å². The molecule has 1 amide bonds. The molecule has 0 aliphatic heterocycles. The van der Waals surface area contributed by atoms with Crippen molar-refractivity contribution in [3.63, 3.8) is 0 Å². The lowest BCUT2D eigenvalue weighted by Gasteiger charge is -2.07. The second kappa shape index (κ2) is 5.16. The molecule has 1 aromatic heterocycles. The predicted octanol–water partition coefficient (Wildman–Crippen LogP) is 1.62. The lowest BCUT2D eigenvalue weighted by molar-refractivity contribution is -0.115. The van der Waals surface area contributed by atoms with Gasteiger partial charge in [-0.1, -0.05) is 18.2 Å². The molecule has 1 heterocycles. The van der Waals surface area contributed by atoms with E-state index >= 15 is 0 Å². The Morgan fingerprint density at radius 2 is 1.86 bits per heavy atom. The summed E-state index contributed by atoms with van der Waals surface area (Å²) in [6.45, 7) is 0. The van der Waals surface area contributed by atoms with E-state index in [1.54, 1.807) is 24.3 Å². The van der Waals surface area contributed by atoms with E-state index < -0.39 is 0 Å². The van der Waals surface area contributed by atoms with Gasteiger partial charge in [0.1, 0.15) is 0 Å². The van der Waals surface area contributed by atoms with Gasteiger partial charge in [0.05, 0.1) is 17.5 Å². The lowest BCUT2D eigenvalue weighted by Crippen LogP contribution is -2.15. The standard InChI is InChI=1S/C15H14N4O2/c16-11-4-2-1-3-9(11)7-14(20)17-10-5-6-12-13(8-10)19-15(21)18-12/h1-6,8H,7,16H2,(H,17,20)(H2,18,19,21). The van der Waals surface area contributed by atoms with E-state index in [1.807, 2.05) is 18.2 Å². The highest BCUT2D eigenvalue weighted by molar-refractivity contribution is 5.94. The number of aromatic nitrogens is 2. The molecular formula is C15H14N4O2. The third-order valence-electron chi connectivity index (χ3n) is 3.21. The number of para-hydroxylation sites is 1. The first-order valence-corrected chi connectivity index (χ1v) is 6.47. The Balaban J connectivity index is 1.77. The number of carbonyl (C=O) groups excluding carboxylic acids is 1. The first-order chi connectivity index (χ1) is 10.1. The van der Waals surface area contributed by atoms with Crippen molar-refractivity contribution in [2.24, 2.45) is 0 Å². The Labute approximate surface area is 120 Å². The van der Waals surface area contributed by atoms with Crippen LogP contribution in [0.3, 0.4) is 0 Å². The minimum absolute atomic E-state index is 0.162. The molecule has 3 rings (SSSR count). The van der Waals surface area contributed by atoms with Crippen molar-refractivity contribution in [1.82, 2.24) is 9.97 Å². The van der Waals surface area contributed by atoms with Gasteiger partial charge < -0.3 is 21.0 Å². The average molecular weight is 282 g/mol. The van der Waals surface area contributed by atoms with Crippen LogP contribution >= 0.6 is 0 Å². The van der Waals surface area contributed by atoms with E-state index in [0.717, 1.165) is 5.56 Å². The summed E-state index contributed by atoms with van der Waals surface area (Å²) >= 11 is 0. The molecule has 0 aliphatic carbocycles. The van der Waals surface area contributed by atoms with Gasteiger partial charge in [-0.15, -0.1) is 0 Å². The van der Waals surface area contributed by atoms with E-state index in [9.17, 15) is 9.59 Å². The van der Waals surface area contributed by atoms with Crippen LogP contribution in [-0.2, 0) is 11.2 Å². The maximum atomic E-state index is 12.0. The second-order valence-corrected chi connectivity index (χ2v) is 4.76. The number of anilines is 2. The maximum Gasteiger partial charge on any atom is 0.323 e. The van der Waals surface area contributed by atoms with E-state index in [2.05, 4.69) is 15.3 Å². The summed E-state index contributed by atoms with van der Waals surface area (Å²) in [4.78, 5) is 28.5. The topological polar surface area (TPSA) is 104 Å². The normalized spacial score (nSPS) is 10.7. The highest BCUT2D eigenvalue weighted by Crippen LogP contribution is 2.16. The maximum absolute atomic E-state index is 12.0. The molecule has 0 aliphatic rings. The molecule has 0 saturated carbocycles. The summed E-state index contributed by atoms with van der Waals surface area (Å²) in [7, 11) is 0. The molecule has 0 saturated heterocycles. The van der Waals surface area contributed by atoms with Crippen LogP contribution in [0.4, 0.5) is 11.4 Å². The van der Waals surface area contributed by atoms with Gasteiger partial charge in [0, 0.05) is 11.4 Å². The number of amides is 1. The van der Waals surface area contributed by atoms with Crippen LogP contribution < -0.4 is 16.7 Å². The summed E-state index contributed by atoms with van der Waals surface area (Å²) in [6, 6.07) is 12.4. The molecule has 21 heavy (non-hydrogen) atoms. The Morgan fingerprint density at radius 3 is 2.67 bits per heavy atom. The summed E-state index contributed by atoms with van der Waals surface area (Å²) in [5, 5.41) is 2.79. The van der Waals surface area contributed by atoms with Gasteiger partial charge in [0.25, 0.3) is 0 Å². The number of carbonyl (C=O) groups is 1. The minimum Gasteiger partial charge on any atom is -0.398 e. The number of rotatable bonds is 3. The van der Waals surface area contributed by atoms with Crippen molar-refractivity contribution in [3.8, 4) is 0 Å². The van der Waals surface area contributed by atoms with Gasteiger partial charge in [-0.2, -0.15) is 0 Å². The zero-order valence-electron chi connectivity index (χ0n) is 11.1. The van der Waals surface area contributed by atoms with E-state index in [0.29, 0.717) is 22.4 Å². The molecule has 0 radical (unpaired) electrons. The zero-order chi connectivity index (χ0) is 14.8. The van der Waals surface area contributed by atoms with Gasteiger partial charge in [0.2, 0.25) is 5.91 Å². The molecule has 106 valence electrons. The first kappa shape index (κ1) is 13.0. The lowest BCUT2D eigenvalue weighted by atomic mass is 10.1. The third-order valence-corrected chi connectivity index (χ3v) is 3.21. The molecule has 2 aromatic carbocycles. The fourth-order valence-corrected chi connectivity index (χ4v) is 2.18. The van der Waals surface area contributed by atoms with Crippen molar-refractivity contribution in [2.75, 3.05) is 11.1 Å². The Kier molecular flexibility index (Phi) is 3.19. The molecule has 6 nitrogen and oxygen atoms in total. The molecule has 0 unspecified atom stereocenters. The van der Waals surface area contributed by atoms with Crippen molar-refractivity contribution >= 4 is 28.3 Å². The molecule has 6 heteroatoms. The molecule has 5 N–H and O–H groups in total. The van der Waals surface area contributed by atoms with E-state index in [1.165, 1.54) is 0 Å². The minimum atomic E-state index is -0.273. The highest BCUT2D eigenvalue weighted by atomic mass is 16.1. The summed E-state index contributed by atoms with van der Waals surface area (Å²) in [5.74, 6) is -0.162. The van der Waals surface area contributed by atoms with Gasteiger partial charge >= 0.3 is 5.69 Å². The van der Waals surface area contributed by atoms with Crippen LogP contribution in [0.2, 0.25) is 0 Å². The largest absolute Gasteiger partial charge is 0.398 e. The van der Waals surface area contributed by atoms with Crippen LogP contribution in [0, 0.1) is 0 Å². The number of hydrogen-bond acceptors (Lipinski definition) is 3. The van der Waals surface area contributed by atoms with Crippen LogP contribution in [0.25, 0.3) is 11.0 Å². The smallest absolute Gasteiger partial charge is 0.323 e. The van der Waals surface area contributed by atoms with Crippen molar-refractivity contribution in [3.05, 3.63) is 58.5 Å². The van der Waals surface area contributed by atoms with E-state index in [-0.39, 0.29) is 18.0 Å². The van der Waals surface area contributed by atoms with Gasteiger partial charge in [-0.05, 0) is 29.8 Å². The van der Waals surface area contributed by atoms with Crippen LogP contribution in [0.1, 0.15) is 5.56 Å². The molecular weight excluding hydrogens is 268 g/mol. The SMILES string of the molecule is Nc1ccccc1CC(=O)Nc1ccc2[nH]c(=O)[nH]c2c1. The molecule has 0 spiro atoms. The third kappa shape index (κ3) is 2.79. The van der Waals surface area contributed by atoms with Crippen molar-refractivity contribution < 1.29 is 4.79 Å². The number of nitrogens with two attached hydrogens (primary N) is 1. The van der Waals surface area contributed by atoms with Gasteiger partial charge in [0.15, 0.2) is 0 Å². The number of nitrogens with one attached hydrogen (secondary N) is 3. The molecule has 0 fully saturated rings. The predicted molar refractivity (Wildman–Crippen MR) is 82.1 cm³/mol. The number of fused-ring (bicyclic) bond motifs is 1. The number of hydrogen-bond donors (Lipinski definition) is 4. The monoisotopic (exact) mass is 282 g/mol. The molecule has 0 atom stereocenters. The van der Waals surface area contributed by atoms with Crippen molar-refractivity contribution in [2.45, 2.75) is 6.42 Å². The number of imidazole rings is 1. The average Bonchev–Trinajstić information content (AvgIpc) is 2.80. The quantitative estimate of drug-likeness (QED) is 0.549. The fourth-order valence-electron chi connectivity index (χ4n) is 2.18. The molecule has 3 aromatic rings. The molecule has 0 bridgehead atoms. The summed E-state index contributed by atoms with van der Waals surface area (Å²) < 4.78 is 0. The van der Waals surface area contributed by atoms with Crippen LogP contribution in [0.5, 0.6) is 0 Å². The summed E-state index contributed by atoms with van der Waals surface area (Å²) in [6.07, 6.45) is 0.203. The Hall–Kier alpha value is -3.02. The Bertz CT molecular complexity index is 863. The second-order valence-electron chi connectivity index (χ2n) is 4.76. The highest BCUT2D eigenvalue weighted by Gasteiger charge is 2.07. The van der Waals surface area contributed by atoms with Gasteiger partial charge in [-0.25, -0.2) is 4.79 Å². The Morgan fingerprint density at radius 1 is 1.10 bits per heavy atom. The summed E-state index contributed by atoms with van der Waals surface area (Å²) in [5.41, 5.74) is 8.89. The zero-order valence-corrected chi connectivity index (χ0v) is 11.1. The number of H-pyrrole nitrogens is 2. The van der Waals surface area contributed by atoms with E-state index in [4.69, 9.17) is 5.73 Å². The fraction of sp³-hybridized carbons (Fsp3) is 0.0667. The first-order valence-electron chi connectivity index (χ1n) is 6.47. The number of benzene rings is 2.